The molecule has 21 heavy (non-hydrogen) atoms. The van der Waals surface area contributed by atoms with Crippen molar-refractivity contribution in [2.75, 3.05) is 6.54 Å². The molecule has 0 fully saturated rings. The maximum atomic E-state index is 13.9. The van der Waals surface area contributed by atoms with Gasteiger partial charge in [0.2, 0.25) is 0 Å². The molecule has 0 saturated carbocycles. The lowest BCUT2D eigenvalue weighted by molar-refractivity contribution is 0.528. The van der Waals surface area contributed by atoms with Gasteiger partial charge in [-0.3, -0.25) is 0 Å². The lowest BCUT2D eigenvalue weighted by atomic mass is 9.97. The normalized spacial score (nSPS) is 12.4. The highest BCUT2D eigenvalue weighted by molar-refractivity contribution is 6.30. The van der Waals surface area contributed by atoms with E-state index < -0.39 is 0 Å². The van der Waals surface area contributed by atoms with E-state index in [1.165, 1.54) is 17.2 Å². The van der Waals surface area contributed by atoms with Crippen molar-refractivity contribution in [3.05, 3.63) is 70.0 Å². The summed E-state index contributed by atoms with van der Waals surface area (Å²) in [7, 11) is 0. The van der Waals surface area contributed by atoms with Gasteiger partial charge >= 0.3 is 0 Å². The Morgan fingerprint density at radius 3 is 2.43 bits per heavy atom. The van der Waals surface area contributed by atoms with Crippen molar-refractivity contribution < 1.29 is 4.39 Å². The molecule has 2 rings (SSSR count). The third-order valence-corrected chi connectivity index (χ3v) is 3.91. The third-order valence-electron chi connectivity index (χ3n) is 3.67. The van der Waals surface area contributed by atoms with Crippen molar-refractivity contribution in [3.63, 3.8) is 0 Å². The summed E-state index contributed by atoms with van der Waals surface area (Å²) in [5.74, 6) is -0.201. The van der Waals surface area contributed by atoms with Crippen molar-refractivity contribution in [2.24, 2.45) is 0 Å². The summed E-state index contributed by atoms with van der Waals surface area (Å²) in [5, 5.41) is 3.99. The van der Waals surface area contributed by atoms with Crippen LogP contribution in [-0.2, 0) is 12.8 Å². The zero-order valence-electron chi connectivity index (χ0n) is 12.5. The highest BCUT2D eigenvalue weighted by Gasteiger charge is 2.14. The quantitative estimate of drug-likeness (QED) is 0.797. The second-order valence-corrected chi connectivity index (χ2v) is 5.58. The largest absolute Gasteiger partial charge is 0.310 e. The van der Waals surface area contributed by atoms with E-state index in [1.807, 2.05) is 0 Å². The molecule has 3 heteroatoms. The van der Waals surface area contributed by atoms with E-state index in [9.17, 15) is 4.39 Å². The van der Waals surface area contributed by atoms with Crippen LogP contribution in [0, 0.1) is 5.82 Å². The number of rotatable bonds is 6. The Balaban J connectivity index is 2.23. The lowest BCUT2D eigenvalue weighted by Crippen LogP contribution is -2.23. The summed E-state index contributed by atoms with van der Waals surface area (Å²) in [6.07, 6.45) is 1.61. The molecule has 0 saturated heterocycles. The summed E-state index contributed by atoms with van der Waals surface area (Å²) >= 11 is 5.98. The van der Waals surface area contributed by atoms with Crippen LogP contribution in [0.25, 0.3) is 0 Å². The van der Waals surface area contributed by atoms with Gasteiger partial charge in [0.05, 0.1) is 0 Å². The molecular weight excluding hydrogens is 285 g/mol. The molecule has 0 aliphatic carbocycles. The summed E-state index contributed by atoms with van der Waals surface area (Å²) in [6.45, 7) is 5.03. The second kappa shape index (κ2) is 7.58. The SMILES string of the molecule is CCNC(Cc1cc(Cl)ccc1F)c1ccc(CC)cc1. The molecule has 0 heterocycles. The molecule has 0 amide bonds. The molecule has 0 aliphatic rings. The number of hydrogen-bond donors (Lipinski definition) is 1. The van der Waals surface area contributed by atoms with Crippen molar-refractivity contribution >= 4 is 11.6 Å². The van der Waals surface area contributed by atoms with Gasteiger partial charge in [-0.2, -0.15) is 0 Å². The first kappa shape index (κ1) is 16.0. The van der Waals surface area contributed by atoms with Gasteiger partial charge in [-0.15, -0.1) is 0 Å². The smallest absolute Gasteiger partial charge is 0.126 e. The topological polar surface area (TPSA) is 12.0 Å². The van der Waals surface area contributed by atoms with Crippen LogP contribution in [0.3, 0.4) is 0 Å². The summed E-state index contributed by atoms with van der Waals surface area (Å²) in [5.41, 5.74) is 3.13. The van der Waals surface area contributed by atoms with Gasteiger partial charge in [-0.1, -0.05) is 49.7 Å². The first-order chi connectivity index (χ1) is 10.1. The first-order valence-corrected chi connectivity index (χ1v) is 7.78. The minimum atomic E-state index is -0.201. The van der Waals surface area contributed by atoms with E-state index in [0.29, 0.717) is 17.0 Å². The molecule has 0 spiro atoms. The molecule has 1 N–H and O–H groups in total. The number of benzene rings is 2. The zero-order chi connectivity index (χ0) is 15.2. The Hall–Kier alpha value is -1.38. The molecule has 0 aliphatic heterocycles. The minimum Gasteiger partial charge on any atom is -0.310 e. The molecule has 1 unspecified atom stereocenters. The van der Waals surface area contributed by atoms with Crippen LogP contribution in [0.15, 0.2) is 42.5 Å². The maximum Gasteiger partial charge on any atom is 0.126 e. The van der Waals surface area contributed by atoms with E-state index in [1.54, 1.807) is 12.1 Å². The van der Waals surface area contributed by atoms with Gasteiger partial charge in [0.25, 0.3) is 0 Å². The summed E-state index contributed by atoms with van der Waals surface area (Å²) in [6, 6.07) is 13.3. The average molecular weight is 306 g/mol. The predicted molar refractivity (Wildman–Crippen MR) is 87.4 cm³/mol. The van der Waals surface area contributed by atoms with E-state index >= 15 is 0 Å². The number of halogens is 2. The van der Waals surface area contributed by atoms with Crippen LogP contribution in [0.1, 0.15) is 36.6 Å². The van der Waals surface area contributed by atoms with Gasteiger partial charge in [0.1, 0.15) is 5.82 Å². The Morgan fingerprint density at radius 1 is 1.10 bits per heavy atom. The number of nitrogens with one attached hydrogen (secondary N) is 1. The van der Waals surface area contributed by atoms with Crippen LogP contribution in [0.5, 0.6) is 0 Å². The van der Waals surface area contributed by atoms with Crippen molar-refractivity contribution in [3.8, 4) is 0 Å². The third kappa shape index (κ3) is 4.29. The minimum absolute atomic E-state index is 0.0915. The zero-order valence-corrected chi connectivity index (χ0v) is 13.3. The lowest BCUT2D eigenvalue weighted by Gasteiger charge is -2.19. The molecule has 112 valence electrons. The number of hydrogen-bond acceptors (Lipinski definition) is 1. The molecule has 0 radical (unpaired) electrons. The van der Waals surface area contributed by atoms with Gasteiger partial charge in [-0.05, 0) is 54.3 Å². The molecule has 2 aromatic carbocycles. The first-order valence-electron chi connectivity index (χ1n) is 7.40. The summed E-state index contributed by atoms with van der Waals surface area (Å²) < 4.78 is 13.9. The van der Waals surface area contributed by atoms with Crippen LogP contribution < -0.4 is 5.32 Å². The van der Waals surface area contributed by atoms with Gasteiger partial charge in [-0.25, -0.2) is 4.39 Å². The highest BCUT2D eigenvalue weighted by Crippen LogP contribution is 2.23. The molecule has 0 aromatic heterocycles. The fourth-order valence-corrected chi connectivity index (χ4v) is 2.65. The average Bonchev–Trinajstić information content (AvgIpc) is 2.50. The molecule has 1 atom stereocenters. The van der Waals surface area contributed by atoms with Gasteiger partial charge < -0.3 is 5.32 Å². The van der Waals surface area contributed by atoms with Crippen LogP contribution in [0.2, 0.25) is 5.02 Å². The number of aryl methyl sites for hydroxylation is 1. The molecule has 2 aromatic rings. The Morgan fingerprint density at radius 2 is 1.81 bits per heavy atom. The van der Waals surface area contributed by atoms with Crippen LogP contribution in [0.4, 0.5) is 4.39 Å². The van der Waals surface area contributed by atoms with Crippen LogP contribution in [-0.4, -0.2) is 6.54 Å². The van der Waals surface area contributed by atoms with E-state index in [0.717, 1.165) is 13.0 Å². The van der Waals surface area contributed by atoms with E-state index in [4.69, 9.17) is 11.6 Å². The Kier molecular flexibility index (Phi) is 5.77. The standard InChI is InChI=1S/C18H21ClFN/c1-3-13-5-7-14(8-6-13)18(21-4-2)12-15-11-16(19)9-10-17(15)20/h5-11,18,21H,3-4,12H2,1-2H3. The summed E-state index contributed by atoms with van der Waals surface area (Å²) in [4.78, 5) is 0. The monoisotopic (exact) mass is 305 g/mol. The van der Waals surface area contributed by atoms with Crippen molar-refractivity contribution in [1.82, 2.24) is 5.32 Å². The fraction of sp³-hybridized carbons (Fsp3) is 0.333. The van der Waals surface area contributed by atoms with Gasteiger partial charge in [0, 0.05) is 11.1 Å². The predicted octanol–water partition coefficient (Wildman–Crippen LogP) is 4.93. The van der Waals surface area contributed by atoms with Crippen molar-refractivity contribution in [2.45, 2.75) is 32.7 Å². The molecule has 1 nitrogen and oxygen atoms in total. The van der Waals surface area contributed by atoms with Crippen molar-refractivity contribution in [1.29, 1.82) is 0 Å². The van der Waals surface area contributed by atoms with Crippen LogP contribution >= 0.6 is 11.6 Å². The highest BCUT2D eigenvalue weighted by atomic mass is 35.5. The van der Waals surface area contributed by atoms with Gasteiger partial charge in [0.15, 0.2) is 0 Å². The fourth-order valence-electron chi connectivity index (χ4n) is 2.46. The van der Waals surface area contributed by atoms with E-state index in [-0.39, 0.29) is 11.9 Å². The Bertz CT molecular complexity index is 580. The number of likely N-dealkylation sites (N-methyl/N-ethyl adjacent to an activating group) is 1. The Labute approximate surface area is 131 Å². The second-order valence-electron chi connectivity index (χ2n) is 5.15. The molecular formula is C18H21ClFN. The van der Waals surface area contributed by atoms with E-state index in [2.05, 4.69) is 43.4 Å². The maximum absolute atomic E-state index is 13.9. The molecule has 0 bridgehead atoms.